The highest BCUT2D eigenvalue weighted by Crippen LogP contribution is 2.29. The molecule has 0 radical (unpaired) electrons. The van der Waals surface area contributed by atoms with E-state index in [-0.39, 0.29) is 0 Å². The van der Waals surface area contributed by atoms with Crippen LogP contribution < -0.4 is 10.6 Å². The maximum Gasteiger partial charge on any atom is 0.249 e. The van der Waals surface area contributed by atoms with Crippen LogP contribution in [0.1, 0.15) is 30.9 Å². The van der Waals surface area contributed by atoms with E-state index in [2.05, 4.69) is 80.7 Å². The first-order valence-corrected chi connectivity index (χ1v) is 8.91. The normalized spacial score (nSPS) is 10.8. The van der Waals surface area contributed by atoms with Crippen molar-refractivity contribution in [1.82, 2.24) is 15.2 Å². The van der Waals surface area contributed by atoms with Gasteiger partial charge < -0.3 is 10.6 Å². The van der Waals surface area contributed by atoms with Crippen LogP contribution in [0.5, 0.6) is 0 Å². The summed E-state index contributed by atoms with van der Waals surface area (Å²) in [6.45, 7) is 6.45. The van der Waals surface area contributed by atoms with E-state index in [1.54, 1.807) is 6.20 Å². The molecule has 1 heterocycles. The van der Waals surface area contributed by atoms with Crippen LogP contribution in [0.4, 0.5) is 23.1 Å². The molecule has 0 aliphatic rings. The van der Waals surface area contributed by atoms with Crippen LogP contribution in [0.15, 0.2) is 53.1 Å². The van der Waals surface area contributed by atoms with Gasteiger partial charge in [0.2, 0.25) is 5.95 Å². The summed E-state index contributed by atoms with van der Waals surface area (Å²) in [6, 6.07) is 14.1. The molecule has 3 aromatic rings. The summed E-state index contributed by atoms with van der Waals surface area (Å²) in [7, 11) is 0. The average Bonchev–Trinajstić information content (AvgIpc) is 2.59. The van der Waals surface area contributed by atoms with Gasteiger partial charge in [-0.1, -0.05) is 48.0 Å². The molecule has 5 nitrogen and oxygen atoms in total. The van der Waals surface area contributed by atoms with E-state index < -0.39 is 0 Å². The number of hydrogen-bond acceptors (Lipinski definition) is 5. The maximum absolute atomic E-state index is 4.52. The van der Waals surface area contributed by atoms with Gasteiger partial charge in [-0.25, -0.2) is 0 Å². The third-order valence-corrected chi connectivity index (χ3v) is 4.37. The van der Waals surface area contributed by atoms with E-state index in [4.69, 9.17) is 0 Å². The Balaban J connectivity index is 1.84. The molecule has 128 valence electrons. The van der Waals surface area contributed by atoms with Crippen molar-refractivity contribution in [2.24, 2.45) is 0 Å². The molecule has 2 aromatic carbocycles. The van der Waals surface area contributed by atoms with Crippen LogP contribution in [-0.4, -0.2) is 15.2 Å². The fourth-order valence-electron chi connectivity index (χ4n) is 2.55. The van der Waals surface area contributed by atoms with Gasteiger partial charge in [-0.3, -0.25) is 0 Å². The highest BCUT2D eigenvalue weighted by atomic mass is 79.9. The molecule has 0 unspecified atom stereocenters. The number of aromatic nitrogens is 3. The van der Waals surface area contributed by atoms with Gasteiger partial charge in [-0.15, -0.1) is 5.10 Å². The number of hydrogen-bond donors (Lipinski definition) is 2. The summed E-state index contributed by atoms with van der Waals surface area (Å²) >= 11 is 3.42. The van der Waals surface area contributed by atoms with Crippen molar-refractivity contribution in [2.75, 3.05) is 10.6 Å². The van der Waals surface area contributed by atoms with Gasteiger partial charge in [0.25, 0.3) is 0 Å². The van der Waals surface area contributed by atoms with Crippen molar-refractivity contribution in [3.63, 3.8) is 0 Å². The Kier molecular flexibility index (Phi) is 5.28. The molecule has 0 amide bonds. The second kappa shape index (κ2) is 7.61. The van der Waals surface area contributed by atoms with Gasteiger partial charge in [0.05, 0.1) is 6.20 Å². The Labute approximate surface area is 156 Å². The zero-order valence-electron chi connectivity index (χ0n) is 14.4. The van der Waals surface area contributed by atoms with Crippen molar-refractivity contribution in [2.45, 2.75) is 26.7 Å². The molecule has 2 N–H and O–H groups in total. The van der Waals surface area contributed by atoms with Crippen LogP contribution in [-0.2, 0) is 0 Å². The number of rotatable bonds is 5. The second-order valence-corrected chi connectivity index (χ2v) is 7.03. The van der Waals surface area contributed by atoms with Gasteiger partial charge >= 0.3 is 0 Å². The van der Waals surface area contributed by atoms with E-state index >= 15 is 0 Å². The molecular weight excluding hydrogens is 378 g/mol. The van der Waals surface area contributed by atoms with Gasteiger partial charge in [-0.05, 0) is 48.2 Å². The van der Waals surface area contributed by atoms with Crippen LogP contribution in [0.2, 0.25) is 0 Å². The fraction of sp³-hybridized carbons (Fsp3) is 0.211. The third kappa shape index (κ3) is 4.33. The number of para-hydroxylation sites is 1. The van der Waals surface area contributed by atoms with E-state index in [1.807, 2.05) is 24.3 Å². The summed E-state index contributed by atoms with van der Waals surface area (Å²) in [4.78, 5) is 4.52. The lowest BCUT2D eigenvalue weighted by molar-refractivity contribution is 0.866. The lowest BCUT2D eigenvalue weighted by atomic mass is 9.98. The molecule has 0 spiro atoms. The molecule has 0 atom stereocenters. The molecule has 3 rings (SSSR count). The summed E-state index contributed by atoms with van der Waals surface area (Å²) in [5, 5.41) is 14.7. The minimum Gasteiger partial charge on any atom is -0.338 e. The molecular formula is C19H20BrN5. The molecule has 0 bridgehead atoms. The lowest BCUT2D eigenvalue weighted by Gasteiger charge is -2.16. The van der Waals surface area contributed by atoms with Crippen molar-refractivity contribution in [1.29, 1.82) is 0 Å². The first-order chi connectivity index (χ1) is 12.0. The first-order valence-electron chi connectivity index (χ1n) is 8.12. The molecule has 0 aliphatic heterocycles. The van der Waals surface area contributed by atoms with Crippen LogP contribution in [0, 0.1) is 6.92 Å². The molecule has 1 aromatic heterocycles. The summed E-state index contributed by atoms with van der Waals surface area (Å²) in [5.41, 5.74) is 4.40. The van der Waals surface area contributed by atoms with Gasteiger partial charge in [0.1, 0.15) is 0 Å². The number of nitrogens with zero attached hydrogens (tertiary/aromatic N) is 3. The minimum absolute atomic E-state index is 0.414. The van der Waals surface area contributed by atoms with Crippen molar-refractivity contribution in [3.05, 3.63) is 64.3 Å². The SMILES string of the molecule is Cc1cccc(C(C)C)c1Nc1cnnc(Nc2ccc(Br)cc2)n1. The zero-order chi connectivity index (χ0) is 17.8. The Morgan fingerprint density at radius 3 is 2.48 bits per heavy atom. The number of anilines is 4. The maximum atomic E-state index is 4.52. The molecule has 25 heavy (non-hydrogen) atoms. The predicted molar refractivity (Wildman–Crippen MR) is 106 cm³/mol. The van der Waals surface area contributed by atoms with Crippen molar-refractivity contribution < 1.29 is 0 Å². The average molecular weight is 398 g/mol. The molecule has 0 fully saturated rings. The Morgan fingerprint density at radius 1 is 1.00 bits per heavy atom. The van der Waals surface area contributed by atoms with E-state index in [1.165, 1.54) is 11.1 Å². The minimum atomic E-state index is 0.414. The third-order valence-electron chi connectivity index (χ3n) is 3.84. The van der Waals surface area contributed by atoms with Gasteiger partial charge in [0.15, 0.2) is 5.82 Å². The Hall–Kier alpha value is -2.47. The molecule has 6 heteroatoms. The smallest absolute Gasteiger partial charge is 0.249 e. The fourth-order valence-corrected chi connectivity index (χ4v) is 2.81. The zero-order valence-corrected chi connectivity index (χ0v) is 16.0. The summed E-state index contributed by atoms with van der Waals surface area (Å²) < 4.78 is 1.02. The Bertz CT molecular complexity index is 862. The monoisotopic (exact) mass is 397 g/mol. The predicted octanol–water partition coefficient (Wildman–Crippen LogP) is 5.55. The highest BCUT2D eigenvalue weighted by Gasteiger charge is 2.10. The standard InChI is InChI=1S/C19H20BrN5/c1-12(2)16-6-4-5-13(3)18(16)23-17-11-21-25-19(24-17)22-15-9-7-14(20)8-10-15/h4-12H,1-3H3,(H2,22,23,24,25). The number of nitrogens with one attached hydrogen (secondary N) is 2. The summed E-state index contributed by atoms with van der Waals surface area (Å²) in [6.07, 6.45) is 1.63. The van der Waals surface area contributed by atoms with E-state index in [0.717, 1.165) is 15.8 Å². The quantitative estimate of drug-likeness (QED) is 0.590. The van der Waals surface area contributed by atoms with Gasteiger partial charge in [-0.2, -0.15) is 10.1 Å². The molecule has 0 saturated heterocycles. The van der Waals surface area contributed by atoms with Gasteiger partial charge in [0, 0.05) is 15.8 Å². The van der Waals surface area contributed by atoms with Crippen molar-refractivity contribution >= 4 is 39.1 Å². The van der Waals surface area contributed by atoms with Crippen LogP contribution >= 0.6 is 15.9 Å². The summed E-state index contributed by atoms with van der Waals surface area (Å²) in [5.74, 6) is 1.52. The van der Waals surface area contributed by atoms with Crippen LogP contribution in [0.3, 0.4) is 0 Å². The first kappa shape index (κ1) is 17.4. The number of aryl methyl sites for hydroxylation is 1. The Morgan fingerprint density at radius 2 is 1.76 bits per heavy atom. The van der Waals surface area contributed by atoms with Crippen LogP contribution in [0.25, 0.3) is 0 Å². The largest absolute Gasteiger partial charge is 0.338 e. The van der Waals surface area contributed by atoms with E-state index in [0.29, 0.717) is 17.7 Å². The second-order valence-electron chi connectivity index (χ2n) is 6.12. The number of halogens is 1. The number of benzene rings is 2. The van der Waals surface area contributed by atoms with Crippen molar-refractivity contribution in [3.8, 4) is 0 Å². The molecule has 0 saturated carbocycles. The molecule has 0 aliphatic carbocycles. The highest BCUT2D eigenvalue weighted by molar-refractivity contribution is 9.10. The lowest BCUT2D eigenvalue weighted by Crippen LogP contribution is -2.05. The van der Waals surface area contributed by atoms with E-state index in [9.17, 15) is 0 Å². The topological polar surface area (TPSA) is 62.7 Å².